The van der Waals surface area contributed by atoms with E-state index < -0.39 is 0 Å². The second-order valence-electron chi connectivity index (χ2n) is 3.33. The molecule has 0 aliphatic heterocycles. The molecule has 0 bridgehead atoms. The van der Waals surface area contributed by atoms with Crippen molar-refractivity contribution < 1.29 is 4.79 Å². The van der Waals surface area contributed by atoms with Crippen molar-refractivity contribution in [2.75, 3.05) is 0 Å². The highest BCUT2D eigenvalue weighted by Crippen LogP contribution is 2.27. The van der Waals surface area contributed by atoms with Crippen LogP contribution in [0.4, 0.5) is 0 Å². The number of fused-ring (bicyclic) bond motifs is 1. The van der Waals surface area contributed by atoms with Gasteiger partial charge in [0, 0.05) is 11.5 Å². The van der Waals surface area contributed by atoms with Crippen LogP contribution in [0, 0.1) is 5.92 Å². The van der Waals surface area contributed by atoms with Crippen molar-refractivity contribution in [3.8, 4) is 0 Å². The van der Waals surface area contributed by atoms with Gasteiger partial charge in [-0.1, -0.05) is 45.0 Å². The van der Waals surface area contributed by atoms with Gasteiger partial charge in [0.15, 0.2) is 5.78 Å². The van der Waals surface area contributed by atoms with Gasteiger partial charge >= 0.3 is 0 Å². The minimum Gasteiger partial charge on any atom is -0.294 e. The number of carbonyl (C=O) groups excluding carboxylic acids is 1. The van der Waals surface area contributed by atoms with Crippen LogP contribution < -0.4 is 0 Å². The van der Waals surface area contributed by atoms with Gasteiger partial charge in [-0.2, -0.15) is 0 Å². The quantitative estimate of drug-likeness (QED) is 0.662. The number of Topliss-reactive ketones (excluding diaryl/α,β-unsaturated/α-hetero) is 1. The van der Waals surface area contributed by atoms with Crippen molar-refractivity contribution in [2.45, 2.75) is 33.6 Å². The topological polar surface area (TPSA) is 17.1 Å². The number of benzene rings is 1. The third-order valence-corrected chi connectivity index (χ3v) is 2.61. The van der Waals surface area contributed by atoms with Crippen molar-refractivity contribution in [2.24, 2.45) is 5.92 Å². The summed E-state index contributed by atoms with van der Waals surface area (Å²) < 4.78 is 0. The second kappa shape index (κ2) is 4.94. The number of rotatable bonds is 1. The SMILES string of the molecule is CC.CCC1Cc2ccccc2C1=O. The van der Waals surface area contributed by atoms with Crippen molar-refractivity contribution >= 4 is 5.78 Å². The maximum Gasteiger partial charge on any atom is 0.166 e. The van der Waals surface area contributed by atoms with Gasteiger partial charge in [0.05, 0.1) is 0 Å². The molecule has 1 aromatic carbocycles. The Morgan fingerprint density at radius 2 is 1.93 bits per heavy atom. The molecule has 1 heteroatoms. The Balaban J connectivity index is 0.000000461. The minimum absolute atomic E-state index is 0.252. The standard InChI is InChI=1S/C11H12O.C2H6/c1-2-8-7-9-5-3-4-6-10(9)11(8)12;1-2/h3-6,8H,2,7H2,1H3;1-2H3. The first-order valence-electron chi connectivity index (χ1n) is 5.45. The maximum absolute atomic E-state index is 11.6. The van der Waals surface area contributed by atoms with Crippen LogP contribution in [-0.2, 0) is 6.42 Å². The third-order valence-electron chi connectivity index (χ3n) is 2.61. The summed E-state index contributed by atoms with van der Waals surface area (Å²) in [6.45, 7) is 6.08. The summed E-state index contributed by atoms with van der Waals surface area (Å²) in [6, 6.07) is 7.94. The Kier molecular flexibility index (Phi) is 3.87. The van der Waals surface area contributed by atoms with Gasteiger partial charge in [-0.3, -0.25) is 4.79 Å². The van der Waals surface area contributed by atoms with Crippen LogP contribution in [0.5, 0.6) is 0 Å². The molecular weight excluding hydrogens is 172 g/mol. The van der Waals surface area contributed by atoms with Crippen molar-refractivity contribution in [1.29, 1.82) is 0 Å². The summed E-state index contributed by atoms with van der Waals surface area (Å²) in [5.74, 6) is 0.593. The van der Waals surface area contributed by atoms with Crippen LogP contribution in [0.1, 0.15) is 43.1 Å². The van der Waals surface area contributed by atoms with E-state index in [0.717, 1.165) is 18.4 Å². The Bertz CT molecular complexity index is 315. The van der Waals surface area contributed by atoms with E-state index in [1.807, 2.05) is 32.0 Å². The van der Waals surface area contributed by atoms with Gasteiger partial charge < -0.3 is 0 Å². The Hall–Kier alpha value is -1.11. The summed E-state index contributed by atoms with van der Waals surface area (Å²) >= 11 is 0. The fourth-order valence-electron chi connectivity index (χ4n) is 1.85. The zero-order chi connectivity index (χ0) is 10.6. The molecule has 0 saturated carbocycles. The van der Waals surface area contributed by atoms with E-state index in [1.54, 1.807) is 0 Å². The van der Waals surface area contributed by atoms with Crippen LogP contribution in [0.3, 0.4) is 0 Å². The highest BCUT2D eigenvalue weighted by atomic mass is 16.1. The molecular formula is C13H18O. The Morgan fingerprint density at radius 1 is 1.29 bits per heavy atom. The van der Waals surface area contributed by atoms with Crippen LogP contribution in [0.25, 0.3) is 0 Å². The first-order valence-corrected chi connectivity index (χ1v) is 5.45. The molecule has 0 spiro atoms. The summed E-state index contributed by atoms with van der Waals surface area (Å²) in [7, 11) is 0. The van der Waals surface area contributed by atoms with E-state index in [2.05, 4.69) is 13.0 Å². The average molecular weight is 190 g/mol. The van der Waals surface area contributed by atoms with Gasteiger partial charge in [-0.25, -0.2) is 0 Å². The smallest absolute Gasteiger partial charge is 0.166 e. The van der Waals surface area contributed by atoms with E-state index in [-0.39, 0.29) is 5.92 Å². The molecule has 1 unspecified atom stereocenters. The highest BCUT2D eigenvalue weighted by molar-refractivity contribution is 6.02. The lowest BCUT2D eigenvalue weighted by Crippen LogP contribution is -2.06. The third kappa shape index (κ3) is 1.87. The molecule has 14 heavy (non-hydrogen) atoms. The predicted octanol–water partition coefficient (Wildman–Crippen LogP) is 3.48. The fraction of sp³-hybridized carbons (Fsp3) is 0.462. The molecule has 0 N–H and O–H groups in total. The van der Waals surface area contributed by atoms with Crippen LogP contribution in [-0.4, -0.2) is 5.78 Å². The highest BCUT2D eigenvalue weighted by Gasteiger charge is 2.27. The monoisotopic (exact) mass is 190 g/mol. The molecule has 0 radical (unpaired) electrons. The molecule has 2 rings (SSSR count). The van der Waals surface area contributed by atoms with Crippen LogP contribution in [0.15, 0.2) is 24.3 Å². The minimum atomic E-state index is 0.252. The molecule has 0 heterocycles. The van der Waals surface area contributed by atoms with E-state index in [0.29, 0.717) is 5.78 Å². The largest absolute Gasteiger partial charge is 0.294 e. The number of hydrogen-bond donors (Lipinski definition) is 0. The first-order chi connectivity index (χ1) is 6.83. The molecule has 0 saturated heterocycles. The van der Waals surface area contributed by atoms with Crippen molar-refractivity contribution in [3.63, 3.8) is 0 Å². The van der Waals surface area contributed by atoms with Crippen molar-refractivity contribution in [1.82, 2.24) is 0 Å². The molecule has 1 aliphatic carbocycles. The van der Waals surface area contributed by atoms with Gasteiger partial charge in [0.2, 0.25) is 0 Å². The summed E-state index contributed by atoms with van der Waals surface area (Å²) in [5, 5.41) is 0. The molecule has 0 fully saturated rings. The molecule has 0 amide bonds. The van der Waals surface area contributed by atoms with Crippen LogP contribution >= 0.6 is 0 Å². The maximum atomic E-state index is 11.6. The lowest BCUT2D eigenvalue weighted by molar-refractivity contribution is 0.0934. The molecule has 0 aromatic heterocycles. The van der Waals surface area contributed by atoms with E-state index in [1.165, 1.54) is 5.56 Å². The lowest BCUT2D eigenvalue weighted by atomic mass is 10.0. The molecule has 1 aliphatic rings. The first kappa shape index (κ1) is 11.0. The van der Waals surface area contributed by atoms with Gasteiger partial charge in [0.1, 0.15) is 0 Å². The second-order valence-corrected chi connectivity index (χ2v) is 3.33. The molecule has 1 aromatic rings. The summed E-state index contributed by atoms with van der Waals surface area (Å²) in [5.41, 5.74) is 2.18. The Labute approximate surface area is 86.1 Å². The molecule has 76 valence electrons. The van der Waals surface area contributed by atoms with Gasteiger partial charge in [-0.15, -0.1) is 0 Å². The van der Waals surface area contributed by atoms with E-state index >= 15 is 0 Å². The van der Waals surface area contributed by atoms with Crippen molar-refractivity contribution in [3.05, 3.63) is 35.4 Å². The van der Waals surface area contributed by atoms with Gasteiger partial charge in [-0.05, 0) is 18.4 Å². The van der Waals surface area contributed by atoms with E-state index in [9.17, 15) is 4.79 Å². The summed E-state index contributed by atoms with van der Waals surface area (Å²) in [4.78, 5) is 11.6. The normalized spacial score (nSPS) is 18.5. The summed E-state index contributed by atoms with van der Waals surface area (Å²) in [6.07, 6.45) is 1.92. The number of carbonyl (C=O) groups is 1. The average Bonchev–Trinajstić information content (AvgIpc) is 2.59. The predicted molar refractivity (Wildman–Crippen MR) is 59.6 cm³/mol. The zero-order valence-corrected chi connectivity index (χ0v) is 9.21. The lowest BCUT2D eigenvalue weighted by Gasteiger charge is -2.00. The Morgan fingerprint density at radius 3 is 2.50 bits per heavy atom. The molecule has 1 nitrogen and oxygen atoms in total. The zero-order valence-electron chi connectivity index (χ0n) is 9.21. The fourth-order valence-corrected chi connectivity index (χ4v) is 1.85. The number of hydrogen-bond acceptors (Lipinski definition) is 1. The van der Waals surface area contributed by atoms with E-state index in [4.69, 9.17) is 0 Å². The van der Waals surface area contributed by atoms with Crippen LogP contribution in [0.2, 0.25) is 0 Å². The number of ketones is 1. The van der Waals surface area contributed by atoms with Gasteiger partial charge in [0.25, 0.3) is 0 Å². The molecule has 1 atom stereocenters.